The Bertz CT molecular complexity index is 490. The topological polar surface area (TPSA) is 61.8 Å². The average molecular weight is 262 g/mol. The predicted octanol–water partition coefficient (Wildman–Crippen LogP) is 1.07. The zero-order valence-electron chi connectivity index (χ0n) is 10.8. The first-order valence-electron chi connectivity index (χ1n) is 6.70. The van der Waals surface area contributed by atoms with Crippen LogP contribution in [0.4, 0.5) is 4.79 Å². The first-order chi connectivity index (χ1) is 9.24. The van der Waals surface area contributed by atoms with Crippen LogP contribution in [0.3, 0.4) is 0 Å². The van der Waals surface area contributed by atoms with E-state index in [9.17, 15) is 9.90 Å². The summed E-state index contributed by atoms with van der Waals surface area (Å²) in [6.07, 6.45) is 1.38. The molecular formula is C14H18N2O3. The zero-order chi connectivity index (χ0) is 13.2. The molecule has 1 aromatic rings. The highest BCUT2D eigenvalue weighted by Crippen LogP contribution is 2.33. The molecule has 1 fully saturated rings. The highest BCUT2D eigenvalue weighted by molar-refractivity contribution is 5.76. The van der Waals surface area contributed by atoms with E-state index in [-0.39, 0.29) is 12.1 Å². The quantitative estimate of drug-likeness (QED) is 0.853. The Morgan fingerprint density at radius 1 is 1.47 bits per heavy atom. The Balaban J connectivity index is 1.54. The number of nitrogens with zero attached hydrogens (tertiary/aromatic N) is 1. The number of ether oxygens (including phenoxy) is 1. The molecule has 1 aliphatic carbocycles. The van der Waals surface area contributed by atoms with Crippen molar-refractivity contribution in [2.75, 3.05) is 26.2 Å². The number of aliphatic hydroxyl groups excluding tert-OH is 1. The van der Waals surface area contributed by atoms with Crippen molar-refractivity contribution in [2.45, 2.75) is 18.9 Å². The van der Waals surface area contributed by atoms with Gasteiger partial charge in [-0.15, -0.1) is 0 Å². The molecule has 0 spiro atoms. The molecule has 1 heterocycles. The largest absolute Gasteiger partial charge is 0.492 e. The number of aryl methyl sites for hydroxylation is 1. The SMILES string of the molecule is O=C1NCCN1CCOc1ccc2c(c1)CC[C@@H]2O. The van der Waals surface area contributed by atoms with Crippen LogP contribution in [0.25, 0.3) is 0 Å². The van der Waals surface area contributed by atoms with E-state index < -0.39 is 0 Å². The van der Waals surface area contributed by atoms with Gasteiger partial charge in [0.1, 0.15) is 12.4 Å². The highest BCUT2D eigenvalue weighted by atomic mass is 16.5. The van der Waals surface area contributed by atoms with Crippen molar-refractivity contribution < 1.29 is 14.6 Å². The van der Waals surface area contributed by atoms with Crippen LogP contribution in [0.1, 0.15) is 23.7 Å². The van der Waals surface area contributed by atoms with E-state index >= 15 is 0 Å². The Hall–Kier alpha value is -1.75. The van der Waals surface area contributed by atoms with E-state index in [0.717, 1.165) is 37.2 Å². The van der Waals surface area contributed by atoms with Gasteiger partial charge in [-0.25, -0.2) is 4.79 Å². The second-order valence-electron chi connectivity index (χ2n) is 4.98. The molecule has 0 saturated carbocycles. The van der Waals surface area contributed by atoms with Crippen LogP contribution >= 0.6 is 0 Å². The van der Waals surface area contributed by atoms with E-state index in [2.05, 4.69) is 5.32 Å². The third-order valence-electron chi connectivity index (χ3n) is 3.74. The van der Waals surface area contributed by atoms with Crippen molar-refractivity contribution in [3.8, 4) is 5.75 Å². The summed E-state index contributed by atoms with van der Waals surface area (Å²) in [6.45, 7) is 2.56. The number of aliphatic hydroxyl groups is 1. The summed E-state index contributed by atoms with van der Waals surface area (Å²) in [7, 11) is 0. The van der Waals surface area contributed by atoms with E-state index in [1.165, 1.54) is 5.56 Å². The minimum absolute atomic E-state index is 0.0133. The first-order valence-corrected chi connectivity index (χ1v) is 6.70. The number of hydrogen-bond acceptors (Lipinski definition) is 3. The lowest BCUT2D eigenvalue weighted by molar-refractivity contribution is 0.180. The van der Waals surface area contributed by atoms with Crippen LogP contribution in [0, 0.1) is 0 Å². The lowest BCUT2D eigenvalue weighted by Crippen LogP contribution is -2.31. The maximum Gasteiger partial charge on any atom is 0.317 e. The van der Waals surface area contributed by atoms with Gasteiger partial charge in [-0.1, -0.05) is 6.07 Å². The molecule has 1 aliphatic heterocycles. The summed E-state index contributed by atoms with van der Waals surface area (Å²) in [5.74, 6) is 0.812. The Kier molecular flexibility index (Phi) is 3.29. The van der Waals surface area contributed by atoms with Gasteiger partial charge in [-0.05, 0) is 36.1 Å². The van der Waals surface area contributed by atoms with Crippen LogP contribution in [0.5, 0.6) is 5.75 Å². The number of hydrogen-bond donors (Lipinski definition) is 2. The fourth-order valence-corrected chi connectivity index (χ4v) is 2.66. The van der Waals surface area contributed by atoms with Crippen molar-refractivity contribution in [1.29, 1.82) is 0 Å². The van der Waals surface area contributed by atoms with E-state index in [1.54, 1.807) is 4.90 Å². The molecule has 19 heavy (non-hydrogen) atoms. The molecule has 0 bridgehead atoms. The molecule has 102 valence electrons. The molecule has 5 nitrogen and oxygen atoms in total. The molecule has 0 aromatic heterocycles. The van der Waals surface area contributed by atoms with Gasteiger partial charge < -0.3 is 20.1 Å². The number of fused-ring (bicyclic) bond motifs is 1. The number of benzene rings is 1. The second-order valence-corrected chi connectivity index (χ2v) is 4.98. The van der Waals surface area contributed by atoms with E-state index in [4.69, 9.17) is 4.74 Å². The molecule has 0 radical (unpaired) electrons. The minimum atomic E-state index is -0.322. The van der Waals surface area contributed by atoms with Crippen LogP contribution in [0.2, 0.25) is 0 Å². The van der Waals surface area contributed by atoms with Crippen LogP contribution < -0.4 is 10.1 Å². The number of amides is 2. The van der Waals surface area contributed by atoms with Crippen LogP contribution in [-0.4, -0.2) is 42.3 Å². The number of nitrogens with one attached hydrogen (secondary N) is 1. The Morgan fingerprint density at radius 3 is 3.16 bits per heavy atom. The van der Waals surface area contributed by atoms with Gasteiger partial charge in [-0.3, -0.25) is 0 Å². The average Bonchev–Trinajstić information content (AvgIpc) is 2.97. The van der Waals surface area contributed by atoms with Crippen molar-refractivity contribution in [1.82, 2.24) is 10.2 Å². The summed E-state index contributed by atoms with van der Waals surface area (Å²) in [5, 5.41) is 12.5. The normalized spacial score (nSPS) is 21.4. The lowest BCUT2D eigenvalue weighted by atomic mass is 10.1. The maximum atomic E-state index is 11.3. The minimum Gasteiger partial charge on any atom is -0.492 e. The van der Waals surface area contributed by atoms with Crippen molar-refractivity contribution in [3.05, 3.63) is 29.3 Å². The molecule has 1 atom stereocenters. The number of carbonyl (C=O) groups excluding carboxylic acids is 1. The molecule has 5 heteroatoms. The number of rotatable bonds is 4. The summed E-state index contributed by atoms with van der Waals surface area (Å²) < 4.78 is 5.67. The maximum absolute atomic E-state index is 11.3. The van der Waals surface area contributed by atoms with Gasteiger partial charge in [0.15, 0.2) is 0 Å². The zero-order valence-corrected chi connectivity index (χ0v) is 10.8. The second kappa shape index (κ2) is 5.09. The first kappa shape index (κ1) is 12.3. The predicted molar refractivity (Wildman–Crippen MR) is 70.2 cm³/mol. The molecular weight excluding hydrogens is 244 g/mol. The van der Waals surface area contributed by atoms with Crippen LogP contribution in [0.15, 0.2) is 18.2 Å². The van der Waals surface area contributed by atoms with Gasteiger partial charge in [0.2, 0.25) is 0 Å². The fourth-order valence-electron chi connectivity index (χ4n) is 2.66. The van der Waals surface area contributed by atoms with Crippen LogP contribution in [-0.2, 0) is 6.42 Å². The molecule has 1 saturated heterocycles. The summed E-state index contributed by atoms with van der Waals surface area (Å²) >= 11 is 0. The third-order valence-corrected chi connectivity index (χ3v) is 3.74. The third kappa shape index (κ3) is 2.51. The number of carbonyl (C=O) groups is 1. The van der Waals surface area contributed by atoms with Gasteiger partial charge >= 0.3 is 6.03 Å². The van der Waals surface area contributed by atoms with E-state index in [0.29, 0.717) is 13.2 Å². The van der Waals surface area contributed by atoms with Gasteiger partial charge in [-0.2, -0.15) is 0 Å². The monoisotopic (exact) mass is 262 g/mol. The molecule has 3 rings (SSSR count). The summed E-state index contributed by atoms with van der Waals surface area (Å²) in [6, 6.07) is 5.80. The number of urea groups is 1. The lowest BCUT2D eigenvalue weighted by Gasteiger charge is -2.15. The Labute approximate surface area is 112 Å². The molecule has 0 unspecified atom stereocenters. The van der Waals surface area contributed by atoms with Crippen molar-refractivity contribution >= 4 is 6.03 Å². The molecule has 2 aliphatic rings. The van der Waals surface area contributed by atoms with Crippen molar-refractivity contribution in [2.24, 2.45) is 0 Å². The standard InChI is InChI=1S/C14H18N2O3/c17-13-4-1-10-9-11(2-3-12(10)13)19-8-7-16-6-5-15-14(16)18/h2-3,9,13,17H,1,4-8H2,(H,15,18)/t13-/m0/s1. The smallest absolute Gasteiger partial charge is 0.317 e. The van der Waals surface area contributed by atoms with Gasteiger partial charge in [0, 0.05) is 13.1 Å². The molecule has 2 N–H and O–H groups in total. The van der Waals surface area contributed by atoms with Crippen molar-refractivity contribution in [3.63, 3.8) is 0 Å². The molecule has 2 amide bonds. The summed E-state index contributed by atoms with van der Waals surface area (Å²) in [4.78, 5) is 13.1. The summed E-state index contributed by atoms with van der Waals surface area (Å²) in [5.41, 5.74) is 2.19. The highest BCUT2D eigenvalue weighted by Gasteiger charge is 2.21. The van der Waals surface area contributed by atoms with Gasteiger partial charge in [0.25, 0.3) is 0 Å². The molecule has 1 aromatic carbocycles. The fraction of sp³-hybridized carbons (Fsp3) is 0.500. The van der Waals surface area contributed by atoms with Gasteiger partial charge in [0.05, 0.1) is 12.6 Å². The van der Waals surface area contributed by atoms with E-state index in [1.807, 2.05) is 18.2 Å². The Morgan fingerprint density at radius 2 is 2.37 bits per heavy atom.